The minimum Gasteiger partial charge on any atom is -0.469 e. The highest BCUT2D eigenvalue weighted by Crippen LogP contribution is 2.01. The molecule has 0 unspecified atom stereocenters. The Morgan fingerprint density at radius 3 is 2.92 bits per heavy atom. The lowest BCUT2D eigenvalue weighted by Gasteiger charge is -2.26. The Kier molecular flexibility index (Phi) is 12.4. The number of nitrogens with zero attached hydrogens (tertiary/aromatic N) is 3. The van der Waals surface area contributed by atoms with Crippen LogP contribution < -0.4 is 5.32 Å². The maximum Gasteiger partial charge on any atom is 0.193 e. The van der Waals surface area contributed by atoms with Crippen LogP contribution in [0.3, 0.4) is 0 Å². The van der Waals surface area contributed by atoms with Crippen LogP contribution >= 0.6 is 24.0 Å². The molecular formula is C19H33IN4O2. The average molecular weight is 476 g/mol. The largest absolute Gasteiger partial charge is 0.469 e. The Labute approximate surface area is 174 Å². The molecular weight excluding hydrogens is 443 g/mol. The molecule has 0 spiro atoms. The van der Waals surface area contributed by atoms with E-state index in [4.69, 9.17) is 14.1 Å². The summed E-state index contributed by atoms with van der Waals surface area (Å²) in [7, 11) is 2.09. The first-order valence-corrected chi connectivity index (χ1v) is 9.22. The monoisotopic (exact) mass is 476 g/mol. The van der Waals surface area contributed by atoms with Gasteiger partial charge in [-0.15, -0.1) is 30.6 Å². The van der Waals surface area contributed by atoms with Crippen molar-refractivity contribution in [3.63, 3.8) is 0 Å². The lowest BCUT2D eigenvalue weighted by atomic mass is 10.3. The van der Waals surface area contributed by atoms with Gasteiger partial charge < -0.3 is 19.4 Å². The minimum atomic E-state index is 0. The molecule has 0 radical (unpaired) electrons. The van der Waals surface area contributed by atoms with E-state index < -0.39 is 0 Å². The van der Waals surface area contributed by atoms with Crippen LogP contribution in [0.4, 0.5) is 0 Å². The lowest BCUT2D eigenvalue weighted by molar-refractivity contribution is 0.0394. The van der Waals surface area contributed by atoms with Crippen LogP contribution in [0.2, 0.25) is 0 Å². The topological polar surface area (TPSA) is 53.2 Å². The van der Waals surface area contributed by atoms with Gasteiger partial charge in [0.25, 0.3) is 0 Å². The summed E-state index contributed by atoms with van der Waals surface area (Å²) in [5.41, 5.74) is 0. The quantitative estimate of drug-likeness (QED) is 0.185. The van der Waals surface area contributed by atoms with Gasteiger partial charge in [0, 0.05) is 46.2 Å². The molecule has 1 N–H and O–H groups in total. The van der Waals surface area contributed by atoms with Crippen molar-refractivity contribution < 1.29 is 9.15 Å². The van der Waals surface area contributed by atoms with Gasteiger partial charge in [0.2, 0.25) is 0 Å². The Hall–Kier alpha value is -1.06. The van der Waals surface area contributed by atoms with Gasteiger partial charge >= 0.3 is 0 Å². The van der Waals surface area contributed by atoms with Crippen LogP contribution in [0.25, 0.3) is 0 Å². The van der Waals surface area contributed by atoms with Crippen molar-refractivity contribution >= 4 is 29.9 Å². The van der Waals surface area contributed by atoms with Crippen molar-refractivity contribution in [1.29, 1.82) is 0 Å². The van der Waals surface area contributed by atoms with E-state index in [1.54, 1.807) is 6.26 Å². The third-order valence-corrected chi connectivity index (χ3v) is 4.28. The smallest absolute Gasteiger partial charge is 0.193 e. The van der Waals surface area contributed by atoms with E-state index in [-0.39, 0.29) is 24.0 Å². The third kappa shape index (κ3) is 9.05. The predicted octanol–water partition coefficient (Wildman–Crippen LogP) is 2.62. The number of nitrogens with one attached hydrogen (secondary N) is 1. The van der Waals surface area contributed by atoms with Crippen LogP contribution in [-0.2, 0) is 11.2 Å². The minimum absolute atomic E-state index is 0. The van der Waals surface area contributed by atoms with Gasteiger partial charge in [0.15, 0.2) is 5.96 Å². The van der Waals surface area contributed by atoms with E-state index in [1.165, 1.54) is 0 Å². The second kappa shape index (κ2) is 14.1. The summed E-state index contributed by atoms with van der Waals surface area (Å²) in [4.78, 5) is 9.42. The summed E-state index contributed by atoms with van der Waals surface area (Å²) in [5, 5.41) is 3.47. The van der Waals surface area contributed by atoms with Crippen LogP contribution in [0.5, 0.6) is 0 Å². The van der Waals surface area contributed by atoms with Gasteiger partial charge in [0.1, 0.15) is 5.76 Å². The Balaban J connectivity index is 0.00000338. The number of guanidine groups is 1. The molecule has 1 aromatic rings. The molecule has 2 rings (SSSR count). The van der Waals surface area contributed by atoms with Crippen molar-refractivity contribution in [2.75, 3.05) is 59.5 Å². The summed E-state index contributed by atoms with van der Waals surface area (Å²) < 4.78 is 10.8. The lowest BCUT2D eigenvalue weighted by Crippen LogP contribution is -2.42. The van der Waals surface area contributed by atoms with Gasteiger partial charge in [0.05, 0.1) is 26.0 Å². The van der Waals surface area contributed by atoms with Crippen LogP contribution in [0, 0.1) is 0 Å². The van der Waals surface area contributed by atoms with Crippen molar-refractivity contribution in [2.24, 2.45) is 4.99 Å². The van der Waals surface area contributed by atoms with E-state index in [0.717, 1.165) is 83.5 Å². The number of morpholine rings is 1. The zero-order valence-electron chi connectivity index (χ0n) is 15.9. The average Bonchev–Trinajstić information content (AvgIpc) is 3.15. The van der Waals surface area contributed by atoms with Crippen LogP contribution in [0.1, 0.15) is 18.6 Å². The molecule has 1 aromatic heterocycles. The Morgan fingerprint density at radius 1 is 1.42 bits per heavy atom. The number of aliphatic imine (C=N–C) groups is 1. The normalized spacial score (nSPS) is 15.3. The highest BCUT2D eigenvalue weighted by Gasteiger charge is 2.10. The SMILES string of the molecule is C=CCCCN(C)C(=NCCN1CCOCC1)NCCc1ccco1.I. The number of allylic oxidation sites excluding steroid dienone is 1. The second-order valence-corrected chi connectivity index (χ2v) is 6.27. The molecule has 1 aliphatic heterocycles. The van der Waals surface area contributed by atoms with Crippen LogP contribution in [-0.4, -0.2) is 75.3 Å². The number of rotatable bonds is 10. The number of halogens is 1. The second-order valence-electron chi connectivity index (χ2n) is 6.27. The van der Waals surface area contributed by atoms with Gasteiger partial charge in [-0.25, -0.2) is 0 Å². The third-order valence-electron chi connectivity index (χ3n) is 4.28. The van der Waals surface area contributed by atoms with Gasteiger partial charge in [-0.05, 0) is 25.0 Å². The van der Waals surface area contributed by atoms with Crippen molar-refractivity contribution in [1.82, 2.24) is 15.1 Å². The predicted molar refractivity (Wildman–Crippen MR) is 117 cm³/mol. The van der Waals surface area contributed by atoms with Crippen LogP contribution in [0.15, 0.2) is 40.5 Å². The zero-order valence-corrected chi connectivity index (χ0v) is 18.2. The fourth-order valence-electron chi connectivity index (χ4n) is 2.76. The first-order valence-electron chi connectivity index (χ1n) is 9.22. The van der Waals surface area contributed by atoms with Crippen molar-refractivity contribution in [2.45, 2.75) is 19.3 Å². The summed E-state index contributed by atoms with van der Waals surface area (Å²) in [5.74, 6) is 1.96. The summed E-state index contributed by atoms with van der Waals surface area (Å²) in [6.07, 6.45) is 6.65. The fourth-order valence-corrected chi connectivity index (χ4v) is 2.76. The first-order chi connectivity index (χ1) is 12.3. The molecule has 1 fully saturated rings. The summed E-state index contributed by atoms with van der Waals surface area (Å²) in [6.45, 7) is 11.0. The van der Waals surface area contributed by atoms with Gasteiger partial charge in [-0.3, -0.25) is 9.89 Å². The van der Waals surface area contributed by atoms with Crippen molar-refractivity contribution in [3.8, 4) is 0 Å². The van der Waals surface area contributed by atoms with Crippen molar-refractivity contribution in [3.05, 3.63) is 36.8 Å². The molecule has 26 heavy (non-hydrogen) atoms. The number of ether oxygens (including phenoxy) is 1. The molecule has 0 amide bonds. The van der Waals surface area contributed by atoms with E-state index in [9.17, 15) is 0 Å². The molecule has 0 aliphatic carbocycles. The Bertz CT molecular complexity index is 502. The number of unbranched alkanes of at least 4 members (excludes halogenated alkanes) is 1. The van der Waals surface area contributed by atoms with Gasteiger partial charge in [-0.1, -0.05) is 6.08 Å². The molecule has 1 aliphatic rings. The standard InChI is InChI=1S/C19H32N4O2.HI/c1-3-4-5-11-22(2)19(20-9-8-18-7-6-15-25-18)21-10-12-23-13-16-24-17-14-23;/h3,6-7,15H,1,4-5,8-14,16-17H2,2H3,(H,20,21);1H. The van der Waals surface area contributed by atoms with E-state index in [1.807, 2.05) is 18.2 Å². The summed E-state index contributed by atoms with van der Waals surface area (Å²) >= 11 is 0. The molecule has 6 nitrogen and oxygen atoms in total. The zero-order chi connectivity index (χ0) is 17.7. The van der Waals surface area contributed by atoms with Gasteiger partial charge in [-0.2, -0.15) is 0 Å². The van der Waals surface area contributed by atoms with E-state index in [0.29, 0.717) is 0 Å². The molecule has 0 saturated carbocycles. The van der Waals surface area contributed by atoms with E-state index >= 15 is 0 Å². The first kappa shape index (κ1) is 23.0. The highest BCUT2D eigenvalue weighted by atomic mass is 127. The number of hydrogen-bond donors (Lipinski definition) is 1. The Morgan fingerprint density at radius 2 is 2.23 bits per heavy atom. The number of furan rings is 1. The molecule has 2 heterocycles. The highest BCUT2D eigenvalue weighted by molar-refractivity contribution is 14.0. The molecule has 1 saturated heterocycles. The summed E-state index contributed by atoms with van der Waals surface area (Å²) in [6, 6.07) is 3.93. The number of hydrogen-bond acceptors (Lipinski definition) is 4. The van der Waals surface area contributed by atoms with E-state index in [2.05, 4.69) is 28.7 Å². The maximum atomic E-state index is 5.39. The molecule has 7 heteroatoms. The maximum absolute atomic E-state index is 5.39. The molecule has 0 atom stereocenters. The molecule has 0 aromatic carbocycles. The molecule has 0 bridgehead atoms. The molecule has 148 valence electrons. The fraction of sp³-hybridized carbons (Fsp3) is 0.632.